The zero-order valence-corrected chi connectivity index (χ0v) is 10.1. The third-order valence-electron chi connectivity index (χ3n) is 2.26. The van der Waals surface area contributed by atoms with E-state index in [9.17, 15) is 9.59 Å². The summed E-state index contributed by atoms with van der Waals surface area (Å²) in [5.74, 6) is -0.387. The lowest BCUT2D eigenvalue weighted by Crippen LogP contribution is -2.88. The Kier molecular flexibility index (Phi) is 5.35. The molecule has 0 saturated carbocycles. The minimum Gasteiger partial charge on any atom is -0.354 e. The number of nitrogens with one attached hydrogen (secondary N) is 2. The molecule has 2 amide bonds. The second-order valence-electron chi connectivity index (χ2n) is 3.58. The van der Waals surface area contributed by atoms with Crippen LogP contribution in [0.3, 0.4) is 0 Å². The van der Waals surface area contributed by atoms with E-state index in [1.54, 1.807) is 36.6 Å². The van der Waals surface area contributed by atoms with Gasteiger partial charge in [-0.25, -0.2) is 0 Å². The van der Waals surface area contributed by atoms with Crippen molar-refractivity contribution in [2.45, 2.75) is 0 Å². The number of quaternary nitrogens is 1. The van der Waals surface area contributed by atoms with Crippen molar-refractivity contribution in [3.05, 3.63) is 29.8 Å². The fourth-order valence-corrected chi connectivity index (χ4v) is 1.33. The summed E-state index contributed by atoms with van der Waals surface area (Å²) < 4.78 is 0. The summed E-state index contributed by atoms with van der Waals surface area (Å²) in [6, 6.07) is 8.75. The van der Waals surface area contributed by atoms with Crippen LogP contribution in [-0.4, -0.2) is 32.0 Å². The number of nitrogens with zero attached hydrogens (tertiary/aromatic N) is 1. The van der Waals surface area contributed by atoms with Gasteiger partial charge in [0, 0.05) is 7.05 Å². The van der Waals surface area contributed by atoms with Crippen LogP contribution < -0.4 is 16.0 Å². The number of hydrogen-bond donors (Lipinski definition) is 3. The lowest BCUT2D eigenvalue weighted by atomic mass is 10.2. The first-order valence-electron chi connectivity index (χ1n) is 5.48. The van der Waals surface area contributed by atoms with E-state index < -0.39 is 0 Å². The maximum absolute atomic E-state index is 11.6. The van der Waals surface area contributed by atoms with Crippen molar-refractivity contribution in [3.63, 3.8) is 0 Å². The summed E-state index contributed by atoms with van der Waals surface area (Å²) in [6.07, 6.45) is 0. The fourth-order valence-electron chi connectivity index (χ4n) is 1.33. The van der Waals surface area contributed by atoms with Crippen molar-refractivity contribution < 1.29 is 14.9 Å². The molecule has 0 aromatic heterocycles. The molecule has 1 aromatic carbocycles. The molecule has 0 aliphatic rings. The van der Waals surface area contributed by atoms with E-state index in [1.165, 1.54) is 0 Å². The molecule has 0 fully saturated rings. The largest absolute Gasteiger partial charge is 0.354 e. The van der Waals surface area contributed by atoms with Gasteiger partial charge < -0.3 is 16.0 Å². The third kappa shape index (κ3) is 4.23. The van der Waals surface area contributed by atoms with Crippen molar-refractivity contribution >= 4 is 17.5 Å². The molecule has 0 spiro atoms. The number of carbonyl (C=O) groups is 2. The first-order chi connectivity index (χ1) is 8.67. The van der Waals surface area contributed by atoms with E-state index in [1.807, 2.05) is 6.07 Å². The van der Waals surface area contributed by atoms with Crippen LogP contribution in [0, 0.1) is 11.3 Å². The van der Waals surface area contributed by atoms with Gasteiger partial charge in [0.25, 0.3) is 11.8 Å². The van der Waals surface area contributed by atoms with Gasteiger partial charge >= 0.3 is 0 Å². The van der Waals surface area contributed by atoms with E-state index in [0.717, 1.165) is 0 Å². The van der Waals surface area contributed by atoms with Crippen molar-refractivity contribution in [2.75, 3.05) is 25.5 Å². The van der Waals surface area contributed by atoms with Gasteiger partial charge in [-0.3, -0.25) is 9.59 Å². The number of nitrogens with two attached hydrogens (primary N) is 1. The van der Waals surface area contributed by atoms with Crippen molar-refractivity contribution in [1.82, 2.24) is 5.32 Å². The molecule has 0 heterocycles. The molecule has 1 aromatic rings. The number of anilines is 1. The van der Waals surface area contributed by atoms with Gasteiger partial charge in [-0.05, 0) is 12.1 Å². The Balaban J connectivity index is 2.45. The monoisotopic (exact) mass is 247 g/mol. The molecule has 0 unspecified atom stereocenters. The van der Waals surface area contributed by atoms with Gasteiger partial charge in [0.2, 0.25) is 0 Å². The van der Waals surface area contributed by atoms with E-state index in [4.69, 9.17) is 5.26 Å². The number of likely N-dealkylation sites (N-methyl/N-ethyl adjacent to an activating group) is 1. The van der Waals surface area contributed by atoms with E-state index in [2.05, 4.69) is 10.6 Å². The molecule has 0 saturated heterocycles. The predicted molar refractivity (Wildman–Crippen MR) is 65.5 cm³/mol. The molecule has 6 nitrogen and oxygen atoms in total. The van der Waals surface area contributed by atoms with Crippen LogP contribution in [0.5, 0.6) is 0 Å². The number of nitriles is 1. The third-order valence-corrected chi connectivity index (χ3v) is 2.26. The summed E-state index contributed by atoms with van der Waals surface area (Å²) in [5, 5.41) is 15.5. The summed E-state index contributed by atoms with van der Waals surface area (Å²) in [7, 11) is 1.54. The summed E-state index contributed by atoms with van der Waals surface area (Å²) in [5.41, 5.74) is 0.899. The molecule has 0 radical (unpaired) electrons. The standard InChI is InChI=1S/C12H14N4O2/c1-14-11(17)7-15-8-12(18)16-10-5-3-2-4-9(10)6-13/h2-5,15H,7-8H2,1H3,(H,14,17)(H,16,18)/p+1. The highest BCUT2D eigenvalue weighted by Gasteiger charge is 2.08. The van der Waals surface area contributed by atoms with E-state index in [-0.39, 0.29) is 24.9 Å². The molecule has 1 rings (SSSR count). The van der Waals surface area contributed by atoms with Crippen LogP contribution in [-0.2, 0) is 9.59 Å². The number of amides is 2. The van der Waals surface area contributed by atoms with Crippen LogP contribution in [0.15, 0.2) is 24.3 Å². The molecule has 0 bridgehead atoms. The Morgan fingerprint density at radius 2 is 1.94 bits per heavy atom. The average molecular weight is 247 g/mol. The van der Waals surface area contributed by atoms with Gasteiger partial charge in [0.05, 0.1) is 11.3 Å². The molecule has 0 atom stereocenters. The van der Waals surface area contributed by atoms with Crippen molar-refractivity contribution in [2.24, 2.45) is 0 Å². The highest BCUT2D eigenvalue weighted by atomic mass is 16.2. The minimum atomic E-state index is -0.249. The first kappa shape index (κ1) is 13.7. The van der Waals surface area contributed by atoms with Crippen LogP contribution in [0.1, 0.15) is 5.56 Å². The van der Waals surface area contributed by atoms with Gasteiger partial charge in [0.1, 0.15) is 6.07 Å². The normalized spacial score (nSPS) is 9.33. The van der Waals surface area contributed by atoms with Gasteiger partial charge in [0.15, 0.2) is 13.1 Å². The van der Waals surface area contributed by atoms with Gasteiger partial charge in [-0.2, -0.15) is 5.26 Å². The second kappa shape index (κ2) is 7.04. The summed E-state index contributed by atoms with van der Waals surface area (Å²) >= 11 is 0. The Labute approximate surface area is 105 Å². The van der Waals surface area contributed by atoms with Crippen LogP contribution in [0.25, 0.3) is 0 Å². The molecular formula is C12H15N4O2+. The number of rotatable bonds is 5. The van der Waals surface area contributed by atoms with E-state index >= 15 is 0 Å². The number of hydrogen-bond acceptors (Lipinski definition) is 3. The Bertz CT molecular complexity index is 479. The maximum Gasteiger partial charge on any atom is 0.279 e. The van der Waals surface area contributed by atoms with Gasteiger partial charge in [-0.15, -0.1) is 0 Å². The zero-order valence-electron chi connectivity index (χ0n) is 10.1. The Morgan fingerprint density at radius 3 is 2.61 bits per heavy atom. The quantitative estimate of drug-likeness (QED) is 0.610. The van der Waals surface area contributed by atoms with Gasteiger partial charge in [-0.1, -0.05) is 12.1 Å². The Hall–Kier alpha value is -2.39. The minimum absolute atomic E-state index is 0.132. The maximum atomic E-state index is 11.6. The molecule has 0 aliphatic heterocycles. The summed E-state index contributed by atoms with van der Waals surface area (Å²) in [4.78, 5) is 22.5. The number of carbonyl (C=O) groups excluding carboxylic acids is 2. The molecule has 6 heteroatoms. The van der Waals surface area contributed by atoms with Crippen molar-refractivity contribution in [1.29, 1.82) is 5.26 Å². The van der Waals surface area contributed by atoms with Crippen LogP contribution >= 0.6 is 0 Å². The predicted octanol–water partition coefficient (Wildman–Crippen LogP) is -1.19. The molecule has 0 aliphatic carbocycles. The second-order valence-corrected chi connectivity index (χ2v) is 3.58. The highest BCUT2D eigenvalue weighted by molar-refractivity contribution is 5.92. The average Bonchev–Trinajstić information content (AvgIpc) is 2.39. The lowest BCUT2D eigenvalue weighted by molar-refractivity contribution is -0.632. The summed E-state index contributed by atoms with van der Waals surface area (Å²) in [6.45, 7) is 0.330. The molecular weight excluding hydrogens is 232 g/mol. The number of para-hydroxylation sites is 1. The number of benzene rings is 1. The van der Waals surface area contributed by atoms with Crippen LogP contribution in [0.2, 0.25) is 0 Å². The smallest absolute Gasteiger partial charge is 0.279 e. The van der Waals surface area contributed by atoms with Crippen molar-refractivity contribution in [3.8, 4) is 6.07 Å². The highest BCUT2D eigenvalue weighted by Crippen LogP contribution is 2.12. The molecule has 4 N–H and O–H groups in total. The molecule has 18 heavy (non-hydrogen) atoms. The fraction of sp³-hybridized carbons (Fsp3) is 0.250. The first-order valence-corrected chi connectivity index (χ1v) is 5.48. The zero-order chi connectivity index (χ0) is 13.4. The SMILES string of the molecule is CNC(=O)C[NH2+]CC(=O)Nc1ccccc1C#N. The van der Waals surface area contributed by atoms with E-state index in [0.29, 0.717) is 11.3 Å². The topological polar surface area (TPSA) is 98.6 Å². The molecule has 94 valence electrons. The Morgan fingerprint density at radius 1 is 1.28 bits per heavy atom. The van der Waals surface area contributed by atoms with Crippen LogP contribution in [0.4, 0.5) is 5.69 Å². The lowest BCUT2D eigenvalue weighted by Gasteiger charge is -2.05.